The number of aromatic nitrogens is 1. The van der Waals surface area contributed by atoms with Crippen LogP contribution in [-0.4, -0.2) is 31.0 Å². The number of nitrogens with one attached hydrogen (secondary N) is 1. The lowest BCUT2D eigenvalue weighted by atomic mass is 9.90. The lowest BCUT2D eigenvalue weighted by molar-refractivity contribution is -0.0689. The van der Waals surface area contributed by atoms with Crippen LogP contribution < -0.4 is 5.32 Å². The zero-order valence-electron chi connectivity index (χ0n) is 19.5. The molecule has 1 atom stereocenters. The van der Waals surface area contributed by atoms with Crippen molar-refractivity contribution in [3.8, 4) is 11.3 Å². The van der Waals surface area contributed by atoms with Crippen LogP contribution in [0.4, 0.5) is 22.4 Å². The first kappa shape index (κ1) is 27.2. The molecule has 1 heterocycles. The Balaban J connectivity index is 2.02. The number of alkyl halides is 3. The molecule has 1 N–H and O–H groups in total. The number of carbonyl (C=O) groups is 1. The van der Waals surface area contributed by atoms with E-state index in [2.05, 4.69) is 16.9 Å². The van der Waals surface area contributed by atoms with E-state index in [9.17, 15) is 22.4 Å². The average Bonchev–Trinajstić information content (AvgIpc) is 2.84. The van der Waals surface area contributed by atoms with Gasteiger partial charge in [-0.1, -0.05) is 48.5 Å². The first-order chi connectivity index (χ1) is 16.9. The Bertz CT molecular complexity index is 1250. The van der Waals surface area contributed by atoms with Gasteiger partial charge in [-0.25, -0.2) is 14.2 Å². The van der Waals surface area contributed by atoms with Gasteiger partial charge in [-0.05, 0) is 48.4 Å². The third-order valence-corrected chi connectivity index (χ3v) is 5.64. The summed E-state index contributed by atoms with van der Waals surface area (Å²) in [5.41, 5.74) is -1.67. The van der Waals surface area contributed by atoms with Gasteiger partial charge in [0.1, 0.15) is 12.4 Å². The SMILES string of the molecule is C=C(c1cc(C(C)(COC)NC(=O)OCc2ccccc2)cc(-c2ccc(F)c(Cl)c2)n1)C(F)(F)F. The maximum atomic E-state index is 13.7. The zero-order chi connectivity index (χ0) is 26.5. The molecule has 3 aromatic rings. The van der Waals surface area contributed by atoms with Crippen LogP contribution in [0.15, 0.2) is 67.2 Å². The number of pyridine rings is 1. The highest BCUT2D eigenvalue weighted by Gasteiger charge is 2.36. The van der Waals surface area contributed by atoms with Crippen LogP contribution in [0.1, 0.15) is 23.7 Å². The van der Waals surface area contributed by atoms with Crippen LogP contribution in [0.25, 0.3) is 16.8 Å². The molecular weight excluding hydrogens is 500 g/mol. The predicted molar refractivity (Wildman–Crippen MR) is 129 cm³/mol. The molecule has 190 valence electrons. The second-order valence-electron chi connectivity index (χ2n) is 8.18. The smallest absolute Gasteiger partial charge is 0.417 e. The molecule has 0 bridgehead atoms. The van der Waals surface area contributed by atoms with Gasteiger partial charge < -0.3 is 14.8 Å². The predicted octanol–water partition coefficient (Wildman–Crippen LogP) is 6.90. The molecule has 0 fully saturated rings. The van der Waals surface area contributed by atoms with Gasteiger partial charge >= 0.3 is 12.3 Å². The summed E-state index contributed by atoms with van der Waals surface area (Å²) >= 11 is 5.88. The van der Waals surface area contributed by atoms with Gasteiger partial charge in [0.05, 0.1) is 34.1 Å². The summed E-state index contributed by atoms with van der Waals surface area (Å²) in [7, 11) is 1.38. The Morgan fingerprint density at radius 1 is 1.11 bits per heavy atom. The fraction of sp³-hybridized carbons (Fsp3) is 0.231. The summed E-state index contributed by atoms with van der Waals surface area (Å²) in [4.78, 5) is 16.7. The number of alkyl carbamates (subject to hydrolysis) is 1. The van der Waals surface area contributed by atoms with E-state index < -0.39 is 34.9 Å². The highest BCUT2D eigenvalue weighted by molar-refractivity contribution is 6.31. The lowest BCUT2D eigenvalue weighted by Crippen LogP contribution is -2.47. The monoisotopic (exact) mass is 522 g/mol. The highest BCUT2D eigenvalue weighted by atomic mass is 35.5. The van der Waals surface area contributed by atoms with Crippen molar-refractivity contribution in [1.29, 1.82) is 0 Å². The van der Waals surface area contributed by atoms with E-state index in [1.165, 1.54) is 31.4 Å². The van der Waals surface area contributed by atoms with Crippen molar-refractivity contribution in [3.63, 3.8) is 0 Å². The number of allylic oxidation sites excluding steroid dienone is 1. The van der Waals surface area contributed by atoms with E-state index in [0.717, 1.165) is 11.6 Å². The topological polar surface area (TPSA) is 60.5 Å². The van der Waals surface area contributed by atoms with E-state index in [4.69, 9.17) is 21.1 Å². The summed E-state index contributed by atoms with van der Waals surface area (Å²) in [5.74, 6) is -0.691. The Hall–Kier alpha value is -3.43. The van der Waals surface area contributed by atoms with Crippen LogP contribution in [0.5, 0.6) is 0 Å². The van der Waals surface area contributed by atoms with Gasteiger partial charge in [0.25, 0.3) is 0 Å². The number of halogens is 5. The van der Waals surface area contributed by atoms with Gasteiger partial charge in [-0.2, -0.15) is 13.2 Å². The van der Waals surface area contributed by atoms with Crippen LogP contribution in [0.3, 0.4) is 0 Å². The van der Waals surface area contributed by atoms with E-state index in [1.807, 2.05) is 6.07 Å². The Labute approximate surface area is 210 Å². The molecule has 2 aromatic carbocycles. The van der Waals surface area contributed by atoms with Gasteiger partial charge in [0, 0.05) is 12.7 Å². The number of amides is 1. The Morgan fingerprint density at radius 2 is 1.81 bits per heavy atom. The number of rotatable bonds is 8. The van der Waals surface area contributed by atoms with Gasteiger partial charge in [-0.3, -0.25) is 0 Å². The third kappa shape index (κ3) is 6.61. The summed E-state index contributed by atoms with van der Waals surface area (Å²) in [6, 6.07) is 15.3. The Morgan fingerprint density at radius 3 is 2.42 bits per heavy atom. The second kappa shape index (κ2) is 11.1. The van der Waals surface area contributed by atoms with Gasteiger partial charge in [0.2, 0.25) is 0 Å². The highest BCUT2D eigenvalue weighted by Crippen LogP contribution is 2.36. The van der Waals surface area contributed by atoms with Crippen molar-refractivity contribution in [1.82, 2.24) is 10.3 Å². The van der Waals surface area contributed by atoms with Crippen molar-refractivity contribution in [3.05, 3.63) is 94.9 Å². The average molecular weight is 523 g/mol. The molecule has 0 spiro atoms. The molecule has 0 aliphatic rings. The maximum absolute atomic E-state index is 13.7. The number of ether oxygens (including phenoxy) is 2. The molecule has 0 aliphatic heterocycles. The van der Waals surface area contributed by atoms with Crippen molar-refractivity contribution < 1.29 is 31.8 Å². The Kier molecular flexibility index (Phi) is 8.37. The number of hydrogen-bond acceptors (Lipinski definition) is 4. The third-order valence-electron chi connectivity index (χ3n) is 5.35. The molecule has 0 saturated carbocycles. The standard InChI is InChI=1S/C26H23ClF4N2O3/c1-16(26(29,30)31)22-12-19(13-23(32-22)18-9-10-21(28)20(27)11-18)25(2,15-35-3)33-24(34)36-14-17-7-5-4-6-8-17/h4-13H,1,14-15H2,2-3H3,(H,33,34). The molecule has 1 amide bonds. The molecule has 0 aliphatic carbocycles. The lowest BCUT2D eigenvalue weighted by Gasteiger charge is -2.31. The molecule has 3 rings (SSSR count). The van der Waals surface area contributed by atoms with Gasteiger partial charge in [-0.15, -0.1) is 0 Å². The fourth-order valence-electron chi connectivity index (χ4n) is 3.42. The molecule has 0 saturated heterocycles. The van der Waals surface area contributed by atoms with Crippen molar-refractivity contribution in [2.24, 2.45) is 0 Å². The normalized spacial score (nSPS) is 13.1. The van der Waals surface area contributed by atoms with Crippen LogP contribution in [0.2, 0.25) is 5.02 Å². The maximum Gasteiger partial charge on any atom is 0.417 e. The number of carbonyl (C=O) groups excluding carboxylic acids is 1. The van der Waals surface area contributed by atoms with Crippen LogP contribution in [0, 0.1) is 5.82 Å². The molecule has 0 radical (unpaired) electrons. The molecule has 36 heavy (non-hydrogen) atoms. The molecule has 5 nitrogen and oxygen atoms in total. The number of hydrogen-bond donors (Lipinski definition) is 1. The second-order valence-corrected chi connectivity index (χ2v) is 8.59. The van der Waals surface area contributed by atoms with Crippen molar-refractivity contribution in [2.75, 3.05) is 13.7 Å². The first-order valence-corrected chi connectivity index (χ1v) is 11.0. The van der Waals surface area contributed by atoms with E-state index >= 15 is 0 Å². The van der Waals surface area contributed by atoms with E-state index in [0.29, 0.717) is 0 Å². The summed E-state index contributed by atoms with van der Waals surface area (Å²) < 4.78 is 64.8. The summed E-state index contributed by atoms with van der Waals surface area (Å²) in [5, 5.41) is 2.45. The van der Waals surface area contributed by atoms with Crippen LogP contribution in [-0.2, 0) is 21.6 Å². The molecule has 1 aromatic heterocycles. The van der Waals surface area contributed by atoms with Gasteiger partial charge in [0.15, 0.2) is 0 Å². The van der Waals surface area contributed by atoms with E-state index in [1.54, 1.807) is 31.2 Å². The number of methoxy groups -OCH3 is 1. The first-order valence-electron chi connectivity index (χ1n) is 10.7. The zero-order valence-corrected chi connectivity index (χ0v) is 20.2. The largest absolute Gasteiger partial charge is 0.445 e. The summed E-state index contributed by atoms with van der Waals surface area (Å²) in [6.07, 6.45) is -5.57. The molecule has 1 unspecified atom stereocenters. The van der Waals surface area contributed by atoms with Crippen molar-refractivity contribution >= 4 is 23.3 Å². The molecular formula is C26H23ClF4N2O3. The minimum absolute atomic E-state index is 0.0124. The quantitative estimate of drug-likeness (QED) is 0.327. The minimum atomic E-state index is -4.76. The number of nitrogens with zero attached hydrogens (tertiary/aromatic N) is 1. The summed E-state index contributed by atoms with van der Waals surface area (Å²) in [6.45, 7) is 4.58. The minimum Gasteiger partial charge on any atom is -0.445 e. The van der Waals surface area contributed by atoms with Crippen molar-refractivity contribution in [2.45, 2.75) is 25.2 Å². The fourth-order valence-corrected chi connectivity index (χ4v) is 3.60. The molecule has 10 heteroatoms. The van der Waals surface area contributed by atoms with Crippen LogP contribution >= 0.6 is 11.6 Å². The van der Waals surface area contributed by atoms with E-state index in [-0.39, 0.29) is 35.1 Å². The number of benzene rings is 2.